The highest BCUT2D eigenvalue weighted by Gasteiger charge is 2.08. The van der Waals surface area contributed by atoms with Crippen LogP contribution in [-0.2, 0) is 6.42 Å². The van der Waals surface area contributed by atoms with Gasteiger partial charge in [-0.1, -0.05) is 18.2 Å². The normalized spacial score (nSPS) is 10.4. The number of nitrogens with two attached hydrogens (primary N) is 1. The van der Waals surface area contributed by atoms with Crippen LogP contribution >= 0.6 is 0 Å². The average Bonchev–Trinajstić information content (AvgIpc) is 2.62. The Morgan fingerprint density at radius 3 is 1.88 bits per heavy atom. The first kappa shape index (κ1) is 18.9. The minimum absolute atomic E-state index is 0.413. The Kier molecular flexibility index (Phi) is 7.92. The van der Waals surface area contributed by atoms with Gasteiger partial charge in [0.05, 0.1) is 13.2 Å². The molecule has 0 spiro atoms. The maximum absolute atomic E-state index is 5.82. The Morgan fingerprint density at radius 1 is 0.720 bits per heavy atom. The van der Waals surface area contributed by atoms with E-state index in [1.165, 1.54) is 0 Å². The molecule has 0 atom stereocenters. The van der Waals surface area contributed by atoms with Gasteiger partial charge in [-0.3, -0.25) is 0 Å². The van der Waals surface area contributed by atoms with E-state index in [0.29, 0.717) is 38.7 Å². The number of para-hydroxylation sites is 2. The van der Waals surface area contributed by atoms with E-state index in [1.807, 2.05) is 56.3 Å². The zero-order valence-electron chi connectivity index (χ0n) is 15.0. The monoisotopic (exact) mass is 345 g/mol. The molecule has 0 saturated heterocycles. The second-order valence-electron chi connectivity index (χ2n) is 5.33. The quantitative estimate of drug-likeness (QED) is 0.632. The molecule has 0 aliphatic heterocycles. The lowest BCUT2D eigenvalue weighted by atomic mass is 10.1. The Balaban J connectivity index is 1.91. The van der Waals surface area contributed by atoms with Crippen LogP contribution in [-0.4, -0.2) is 33.0 Å². The molecule has 0 aliphatic carbocycles. The predicted molar refractivity (Wildman–Crippen MR) is 99.0 cm³/mol. The minimum Gasteiger partial charge on any atom is -0.490 e. The number of hydrogen-bond acceptors (Lipinski definition) is 5. The highest BCUT2D eigenvalue weighted by molar-refractivity contribution is 5.43. The molecule has 2 aromatic rings. The summed E-state index contributed by atoms with van der Waals surface area (Å²) in [6.07, 6.45) is 0.817. The summed E-state index contributed by atoms with van der Waals surface area (Å²) in [6.45, 7) is 6.52. The van der Waals surface area contributed by atoms with E-state index in [-0.39, 0.29) is 0 Å². The van der Waals surface area contributed by atoms with Crippen molar-refractivity contribution in [1.29, 1.82) is 0 Å². The van der Waals surface area contributed by atoms with Crippen molar-refractivity contribution in [1.82, 2.24) is 0 Å². The van der Waals surface area contributed by atoms with Gasteiger partial charge in [-0.2, -0.15) is 0 Å². The van der Waals surface area contributed by atoms with Crippen molar-refractivity contribution in [2.75, 3.05) is 33.0 Å². The molecule has 2 N–H and O–H groups in total. The SMILES string of the molecule is CCOc1ccccc1OCCOc1ccc(CCN)cc1OCC. The first-order valence-corrected chi connectivity index (χ1v) is 8.71. The van der Waals surface area contributed by atoms with E-state index in [9.17, 15) is 0 Å². The zero-order valence-corrected chi connectivity index (χ0v) is 15.0. The van der Waals surface area contributed by atoms with Crippen LogP contribution in [0.3, 0.4) is 0 Å². The smallest absolute Gasteiger partial charge is 0.161 e. The summed E-state index contributed by atoms with van der Waals surface area (Å²) in [5, 5.41) is 0. The Bertz CT molecular complexity index is 645. The summed E-state index contributed by atoms with van der Waals surface area (Å²) in [5.41, 5.74) is 6.75. The Morgan fingerprint density at radius 2 is 1.28 bits per heavy atom. The number of ether oxygens (including phenoxy) is 4. The maximum atomic E-state index is 5.82. The van der Waals surface area contributed by atoms with Crippen molar-refractivity contribution < 1.29 is 18.9 Å². The average molecular weight is 345 g/mol. The molecule has 0 radical (unpaired) electrons. The van der Waals surface area contributed by atoms with E-state index in [1.54, 1.807) is 0 Å². The van der Waals surface area contributed by atoms with Crippen molar-refractivity contribution >= 4 is 0 Å². The molecule has 2 aromatic carbocycles. The zero-order chi connectivity index (χ0) is 17.9. The second-order valence-corrected chi connectivity index (χ2v) is 5.33. The van der Waals surface area contributed by atoms with Crippen LogP contribution in [0.25, 0.3) is 0 Å². The van der Waals surface area contributed by atoms with Gasteiger partial charge in [0.1, 0.15) is 13.2 Å². The van der Waals surface area contributed by atoms with Gasteiger partial charge in [0.15, 0.2) is 23.0 Å². The minimum atomic E-state index is 0.413. The molecule has 5 heteroatoms. The van der Waals surface area contributed by atoms with E-state index in [2.05, 4.69) is 0 Å². The highest BCUT2D eigenvalue weighted by Crippen LogP contribution is 2.29. The molecule has 0 fully saturated rings. The lowest BCUT2D eigenvalue weighted by Gasteiger charge is -2.15. The summed E-state index contributed by atoms with van der Waals surface area (Å²) in [6, 6.07) is 13.5. The standard InChI is InChI=1S/C20H27NO4/c1-3-22-17-7-5-6-8-18(17)24-13-14-25-19-10-9-16(11-12-21)15-20(19)23-4-2/h5-10,15H,3-4,11-14,21H2,1-2H3. The number of hydrogen-bond donors (Lipinski definition) is 1. The molecule has 0 unspecified atom stereocenters. The van der Waals surface area contributed by atoms with Gasteiger partial charge in [-0.05, 0) is 56.6 Å². The fraction of sp³-hybridized carbons (Fsp3) is 0.400. The van der Waals surface area contributed by atoms with Crippen molar-refractivity contribution in [3.8, 4) is 23.0 Å². The number of rotatable bonds is 11. The van der Waals surface area contributed by atoms with Gasteiger partial charge in [0.2, 0.25) is 0 Å². The topological polar surface area (TPSA) is 62.9 Å². The molecule has 136 valence electrons. The largest absolute Gasteiger partial charge is 0.490 e. The molecule has 0 saturated carbocycles. The molecular formula is C20H27NO4. The lowest BCUT2D eigenvalue weighted by molar-refractivity contribution is 0.201. The third-order valence-corrected chi connectivity index (χ3v) is 3.49. The van der Waals surface area contributed by atoms with Gasteiger partial charge in [-0.15, -0.1) is 0 Å². The fourth-order valence-electron chi connectivity index (χ4n) is 2.41. The van der Waals surface area contributed by atoms with Crippen LogP contribution < -0.4 is 24.7 Å². The summed E-state index contributed by atoms with van der Waals surface area (Å²) in [7, 11) is 0. The first-order valence-electron chi connectivity index (χ1n) is 8.71. The van der Waals surface area contributed by atoms with E-state index in [0.717, 1.165) is 29.2 Å². The van der Waals surface area contributed by atoms with Crippen LogP contribution in [0.15, 0.2) is 42.5 Å². The first-order chi connectivity index (χ1) is 12.3. The third kappa shape index (κ3) is 5.87. The van der Waals surface area contributed by atoms with Gasteiger partial charge in [0, 0.05) is 0 Å². The summed E-state index contributed by atoms with van der Waals surface area (Å²) in [4.78, 5) is 0. The Hall–Kier alpha value is -2.40. The van der Waals surface area contributed by atoms with Crippen LogP contribution in [0.2, 0.25) is 0 Å². The molecule has 25 heavy (non-hydrogen) atoms. The summed E-state index contributed by atoms with van der Waals surface area (Å²) < 4.78 is 22.8. The third-order valence-electron chi connectivity index (χ3n) is 3.49. The molecule has 2 rings (SSSR count). The van der Waals surface area contributed by atoms with E-state index in [4.69, 9.17) is 24.7 Å². The Labute approximate surface area is 149 Å². The fourth-order valence-corrected chi connectivity index (χ4v) is 2.41. The van der Waals surface area contributed by atoms with Crippen molar-refractivity contribution in [2.45, 2.75) is 20.3 Å². The molecule has 0 bridgehead atoms. The van der Waals surface area contributed by atoms with Gasteiger partial charge >= 0.3 is 0 Å². The van der Waals surface area contributed by atoms with Crippen molar-refractivity contribution in [3.05, 3.63) is 48.0 Å². The maximum Gasteiger partial charge on any atom is 0.161 e. The molecule has 5 nitrogen and oxygen atoms in total. The highest BCUT2D eigenvalue weighted by atomic mass is 16.6. The number of benzene rings is 2. The van der Waals surface area contributed by atoms with Crippen LogP contribution in [0.4, 0.5) is 0 Å². The van der Waals surface area contributed by atoms with Crippen LogP contribution in [0, 0.1) is 0 Å². The molecule has 0 amide bonds. The van der Waals surface area contributed by atoms with Crippen LogP contribution in [0.5, 0.6) is 23.0 Å². The lowest BCUT2D eigenvalue weighted by Crippen LogP contribution is -2.11. The van der Waals surface area contributed by atoms with Crippen molar-refractivity contribution in [3.63, 3.8) is 0 Å². The van der Waals surface area contributed by atoms with Crippen molar-refractivity contribution in [2.24, 2.45) is 5.73 Å². The summed E-state index contributed by atoms with van der Waals surface area (Å²) in [5.74, 6) is 2.91. The van der Waals surface area contributed by atoms with E-state index >= 15 is 0 Å². The predicted octanol–water partition coefficient (Wildman–Crippen LogP) is 3.44. The van der Waals surface area contributed by atoms with Gasteiger partial charge in [0.25, 0.3) is 0 Å². The molecule has 0 heterocycles. The molecule has 0 aliphatic rings. The molecule has 0 aromatic heterocycles. The molecular weight excluding hydrogens is 318 g/mol. The van der Waals surface area contributed by atoms with Gasteiger partial charge < -0.3 is 24.7 Å². The second kappa shape index (κ2) is 10.5. The van der Waals surface area contributed by atoms with Crippen LogP contribution in [0.1, 0.15) is 19.4 Å². The summed E-state index contributed by atoms with van der Waals surface area (Å²) >= 11 is 0. The van der Waals surface area contributed by atoms with E-state index < -0.39 is 0 Å². The van der Waals surface area contributed by atoms with Gasteiger partial charge in [-0.25, -0.2) is 0 Å².